The number of hydrogen-bond acceptors (Lipinski definition) is 3. The van der Waals surface area contributed by atoms with E-state index in [0.717, 1.165) is 50.1 Å². The molecule has 0 spiro atoms. The number of benzene rings is 9. The fourth-order valence-corrected chi connectivity index (χ4v) is 9.48. The van der Waals surface area contributed by atoms with E-state index in [-0.39, 0.29) is 0 Å². The zero-order valence-corrected chi connectivity index (χ0v) is 30.6. The van der Waals surface area contributed by atoms with E-state index < -0.39 is 0 Å². The second kappa shape index (κ2) is 12.9. The molecule has 0 aliphatic heterocycles. The SMILES string of the molecule is c1ccc2c(-c3ccc(N(c4ccc(-c5cccc6c5oc5ccccc56)cc4)c4ccc(-c5cccc6c5sc5ccccc56)cc4)cc3)cccc2c1. The molecule has 0 aliphatic rings. The van der Waals surface area contributed by atoms with E-state index in [1.54, 1.807) is 0 Å². The van der Waals surface area contributed by atoms with Crippen LogP contribution in [0.2, 0.25) is 0 Å². The van der Waals surface area contributed by atoms with Crippen molar-refractivity contribution in [2.45, 2.75) is 0 Å². The highest BCUT2D eigenvalue weighted by Gasteiger charge is 2.17. The molecule has 2 nitrogen and oxygen atoms in total. The van der Waals surface area contributed by atoms with Gasteiger partial charge in [0.05, 0.1) is 0 Å². The van der Waals surface area contributed by atoms with Gasteiger partial charge in [0.25, 0.3) is 0 Å². The first-order valence-electron chi connectivity index (χ1n) is 18.7. The van der Waals surface area contributed by atoms with Gasteiger partial charge in [-0.2, -0.15) is 0 Å². The maximum Gasteiger partial charge on any atom is 0.143 e. The number of thiophene rings is 1. The van der Waals surface area contributed by atoms with Gasteiger partial charge in [-0.1, -0.05) is 152 Å². The Bertz CT molecular complexity index is 3030. The molecule has 2 aromatic heterocycles. The lowest BCUT2D eigenvalue weighted by molar-refractivity contribution is 0.670. The molecule has 0 atom stereocenters. The van der Waals surface area contributed by atoms with Gasteiger partial charge in [0, 0.05) is 53.6 Å². The minimum atomic E-state index is 0.909. The molecule has 0 saturated heterocycles. The maximum absolute atomic E-state index is 6.41. The quantitative estimate of drug-likeness (QED) is 0.170. The molecule has 0 unspecified atom stereocenters. The van der Waals surface area contributed by atoms with Crippen molar-refractivity contribution in [3.05, 3.63) is 200 Å². The Hall–Kier alpha value is -6.94. The Morgan fingerprint density at radius 2 is 0.836 bits per heavy atom. The number of nitrogens with zero attached hydrogens (tertiary/aromatic N) is 1. The van der Waals surface area contributed by atoms with Crippen LogP contribution in [0.1, 0.15) is 0 Å². The Kier molecular flexibility index (Phi) is 7.39. The van der Waals surface area contributed by atoms with E-state index in [9.17, 15) is 0 Å². The standard InChI is InChI=1S/C52H33NOS/c1-2-12-41-34(10-1)11-7-15-42(41)35-22-28-38(29-23-35)53(39-30-24-36(25-31-39)43-16-8-18-47-45-13-3-5-20-49(45)54-51(43)47)40-32-26-37(27-33-40)44-17-9-19-48-46-14-4-6-21-50(46)55-52(44)48/h1-33H. The Morgan fingerprint density at radius 3 is 1.56 bits per heavy atom. The van der Waals surface area contributed by atoms with Crippen molar-refractivity contribution in [1.82, 2.24) is 0 Å². The summed E-state index contributed by atoms with van der Waals surface area (Å²) in [6.45, 7) is 0. The van der Waals surface area contributed by atoms with Crippen LogP contribution in [0.25, 0.3) is 86.3 Å². The van der Waals surface area contributed by atoms with Gasteiger partial charge in [-0.15, -0.1) is 11.3 Å². The molecule has 0 aliphatic carbocycles. The average Bonchev–Trinajstić information content (AvgIpc) is 3.83. The van der Waals surface area contributed by atoms with E-state index in [0.29, 0.717) is 0 Å². The number of fused-ring (bicyclic) bond motifs is 7. The Balaban J connectivity index is 1.01. The number of para-hydroxylation sites is 2. The van der Waals surface area contributed by atoms with Crippen LogP contribution in [-0.4, -0.2) is 0 Å². The van der Waals surface area contributed by atoms with Gasteiger partial charge in [0.2, 0.25) is 0 Å². The molecular weight excluding hydrogens is 687 g/mol. The summed E-state index contributed by atoms with van der Waals surface area (Å²) in [5.41, 5.74) is 12.2. The van der Waals surface area contributed by atoms with Crippen LogP contribution in [0.4, 0.5) is 17.1 Å². The van der Waals surface area contributed by atoms with Gasteiger partial charge in [-0.05, 0) is 87.1 Å². The van der Waals surface area contributed by atoms with Crippen LogP contribution >= 0.6 is 11.3 Å². The third-order valence-electron chi connectivity index (χ3n) is 10.9. The lowest BCUT2D eigenvalue weighted by Gasteiger charge is -2.26. The molecule has 0 amide bonds. The van der Waals surface area contributed by atoms with Gasteiger partial charge >= 0.3 is 0 Å². The summed E-state index contributed by atoms with van der Waals surface area (Å²) in [6, 6.07) is 72.1. The van der Waals surface area contributed by atoms with Crippen LogP contribution in [0, 0.1) is 0 Å². The minimum absolute atomic E-state index is 0.909. The van der Waals surface area contributed by atoms with Gasteiger partial charge in [-0.3, -0.25) is 0 Å². The zero-order valence-electron chi connectivity index (χ0n) is 29.8. The number of rotatable bonds is 6. The van der Waals surface area contributed by atoms with Crippen molar-refractivity contribution in [2.24, 2.45) is 0 Å². The molecule has 11 rings (SSSR count). The molecule has 0 fully saturated rings. The van der Waals surface area contributed by atoms with E-state index >= 15 is 0 Å². The summed E-state index contributed by atoms with van der Waals surface area (Å²) in [6.07, 6.45) is 0. The number of hydrogen-bond donors (Lipinski definition) is 0. The highest BCUT2D eigenvalue weighted by molar-refractivity contribution is 7.26. The zero-order chi connectivity index (χ0) is 36.3. The first-order valence-corrected chi connectivity index (χ1v) is 19.5. The average molecular weight is 720 g/mol. The van der Waals surface area contributed by atoms with E-state index in [4.69, 9.17) is 4.42 Å². The molecular formula is C52H33NOS. The predicted octanol–water partition coefficient (Wildman–Crippen LogP) is 15.6. The van der Waals surface area contributed by atoms with Crippen molar-refractivity contribution in [1.29, 1.82) is 0 Å². The molecule has 11 aromatic rings. The molecule has 258 valence electrons. The molecule has 55 heavy (non-hydrogen) atoms. The minimum Gasteiger partial charge on any atom is -0.455 e. The smallest absolute Gasteiger partial charge is 0.143 e. The van der Waals surface area contributed by atoms with Crippen molar-refractivity contribution in [2.75, 3.05) is 4.90 Å². The Morgan fingerprint density at radius 1 is 0.345 bits per heavy atom. The first-order chi connectivity index (χ1) is 27.3. The fourth-order valence-electron chi connectivity index (χ4n) is 8.24. The monoisotopic (exact) mass is 719 g/mol. The van der Waals surface area contributed by atoms with Gasteiger partial charge in [0.15, 0.2) is 0 Å². The van der Waals surface area contributed by atoms with Gasteiger partial charge in [0.1, 0.15) is 11.2 Å². The Labute approximate surface area is 322 Å². The second-order valence-corrected chi connectivity index (χ2v) is 15.1. The van der Waals surface area contributed by atoms with E-state index in [1.165, 1.54) is 53.2 Å². The van der Waals surface area contributed by atoms with E-state index in [1.807, 2.05) is 23.5 Å². The largest absolute Gasteiger partial charge is 0.455 e. The molecule has 0 N–H and O–H groups in total. The molecule has 2 heterocycles. The maximum atomic E-state index is 6.41. The number of anilines is 3. The highest BCUT2D eigenvalue weighted by Crippen LogP contribution is 2.43. The summed E-state index contributed by atoms with van der Waals surface area (Å²) in [5, 5.41) is 7.41. The molecule has 9 aromatic carbocycles. The topological polar surface area (TPSA) is 16.4 Å². The van der Waals surface area contributed by atoms with Crippen LogP contribution in [0.3, 0.4) is 0 Å². The lowest BCUT2D eigenvalue weighted by Crippen LogP contribution is -2.09. The van der Waals surface area contributed by atoms with Crippen LogP contribution in [0.5, 0.6) is 0 Å². The summed E-state index contributed by atoms with van der Waals surface area (Å²) in [5.74, 6) is 0. The molecule has 0 bridgehead atoms. The molecule has 0 saturated carbocycles. The number of furan rings is 1. The van der Waals surface area contributed by atoms with Gasteiger partial charge < -0.3 is 9.32 Å². The van der Waals surface area contributed by atoms with Crippen molar-refractivity contribution < 1.29 is 4.42 Å². The summed E-state index contributed by atoms with van der Waals surface area (Å²) >= 11 is 1.87. The third-order valence-corrected chi connectivity index (χ3v) is 12.1. The van der Waals surface area contributed by atoms with E-state index in [2.05, 4.69) is 193 Å². The van der Waals surface area contributed by atoms with Crippen LogP contribution < -0.4 is 4.90 Å². The van der Waals surface area contributed by atoms with Gasteiger partial charge in [-0.25, -0.2) is 0 Å². The summed E-state index contributed by atoms with van der Waals surface area (Å²) in [4.78, 5) is 2.35. The molecule has 0 radical (unpaired) electrons. The first kappa shape index (κ1) is 31.6. The normalized spacial score (nSPS) is 11.6. The van der Waals surface area contributed by atoms with Crippen molar-refractivity contribution in [3.8, 4) is 33.4 Å². The lowest BCUT2D eigenvalue weighted by atomic mass is 9.98. The fraction of sp³-hybridized carbons (Fsp3) is 0. The van der Waals surface area contributed by atoms with Crippen molar-refractivity contribution in [3.63, 3.8) is 0 Å². The summed E-state index contributed by atoms with van der Waals surface area (Å²) in [7, 11) is 0. The molecule has 3 heteroatoms. The second-order valence-electron chi connectivity index (χ2n) is 14.1. The third kappa shape index (κ3) is 5.32. The highest BCUT2D eigenvalue weighted by atomic mass is 32.1. The predicted molar refractivity (Wildman–Crippen MR) is 235 cm³/mol. The van der Waals surface area contributed by atoms with Crippen molar-refractivity contribution >= 4 is 81.3 Å². The summed E-state index contributed by atoms with van der Waals surface area (Å²) < 4.78 is 9.06. The van der Waals surface area contributed by atoms with Crippen LogP contribution in [0.15, 0.2) is 205 Å². The van der Waals surface area contributed by atoms with Crippen LogP contribution in [-0.2, 0) is 0 Å².